The van der Waals surface area contributed by atoms with Crippen molar-refractivity contribution >= 4 is 0 Å². The largest absolute Gasteiger partial charge is 0.489 e. The van der Waals surface area contributed by atoms with Crippen molar-refractivity contribution in [2.24, 2.45) is 0 Å². The Morgan fingerprint density at radius 2 is 2.00 bits per heavy atom. The maximum Gasteiger partial charge on any atom is 0.137 e. The minimum absolute atomic E-state index is 0.117. The summed E-state index contributed by atoms with van der Waals surface area (Å²) in [6.07, 6.45) is 1.05. The first-order valence-corrected chi connectivity index (χ1v) is 7.08. The summed E-state index contributed by atoms with van der Waals surface area (Å²) in [5.74, 6) is 1.96. The van der Waals surface area contributed by atoms with E-state index in [1.807, 2.05) is 12.1 Å². The molecule has 2 heteroatoms. The lowest BCUT2D eigenvalue weighted by atomic mass is 10.1. The van der Waals surface area contributed by atoms with E-state index in [4.69, 9.17) is 9.47 Å². The molecule has 0 aliphatic carbocycles. The predicted molar refractivity (Wildman–Crippen MR) is 80.7 cm³/mol. The van der Waals surface area contributed by atoms with E-state index < -0.39 is 0 Å². The Labute approximate surface area is 120 Å². The number of hydrogen-bond donors (Lipinski definition) is 0. The number of rotatable bonds is 3. The van der Waals surface area contributed by atoms with Crippen LogP contribution in [0.3, 0.4) is 0 Å². The predicted octanol–water partition coefficient (Wildman–Crippen LogP) is 3.99. The Kier molecular flexibility index (Phi) is 3.39. The molecule has 0 amide bonds. The number of aryl methyl sites for hydroxylation is 2. The van der Waals surface area contributed by atoms with Crippen molar-refractivity contribution in [2.45, 2.75) is 33.3 Å². The molecule has 0 N–H and O–H groups in total. The third-order valence-electron chi connectivity index (χ3n) is 3.94. The average Bonchev–Trinajstić information content (AvgIpc) is 2.82. The van der Waals surface area contributed by atoms with Crippen molar-refractivity contribution in [1.29, 1.82) is 0 Å². The van der Waals surface area contributed by atoms with E-state index in [-0.39, 0.29) is 6.10 Å². The molecule has 0 fully saturated rings. The van der Waals surface area contributed by atoms with Crippen LogP contribution >= 0.6 is 0 Å². The van der Waals surface area contributed by atoms with Crippen LogP contribution in [0.15, 0.2) is 36.4 Å². The third kappa shape index (κ3) is 2.51. The van der Waals surface area contributed by atoms with Crippen LogP contribution in [0, 0.1) is 20.8 Å². The summed E-state index contributed by atoms with van der Waals surface area (Å²) in [7, 11) is 0. The van der Waals surface area contributed by atoms with Gasteiger partial charge in [0.1, 0.15) is 24.2 Å². The summed E-state index contributed by atoms with van der Waals surface area (Å²) >= 11 is 0. The van der Waals surface area contributed by atoms with Gasteiger partial charge in [-0.15, -0.1) is 0 Å². The summed E-state index contributed by atoms with van der Waals surface area (Å²) in [4.78, 5) is 0. The van der Waals surface area contributed by atoms with Crippen molar-refractivity contribution < 1.29 is 9.47 Å². The number of hydrogen-bond acceptors (Lipinski definition) is 2. The van der Waals surface area contributed by atoms with E-state index in [1.54, 1.807) is 0 Å². The molecule has 2 aromatic rings. The van der Waals surface area contributed by atoms with Gasteiger partial charge in [-0.1, -0.05) is 29.8 Å². The van der Waals surface area contributed by atoms with Gasteiger partial charge in [0.2, 0.25) is 0 Å². The Bertz CT molecular complexity index is 631. The smallest absolute Gasteiger partial charge is 0.137 e. The summed E-state index contributed by atoms with van der Waals surface area (Å²) in [5, 5.41) is 0. The van der Waals surface area contributed by atoms with Crippen LogP contribution in [0.2, 0.25) is 0 Å². The molecule has 0 saturated carbocycles. The molecule has 0 aromatic heterocycles. The summed E-state index contributed by atoms with van der Waals surface area (Å²) in [5.41, 5.74) is 5.04. The van der Waals surface area contributed by atoms with Gasteiger partial charge < -0.3 is 9.47 Å². The van der Waals surface area contributed by atoms with E-state index in [1.165, 1.54) is 22.3 Å². The van der Waals surface area contributed by atoms with Crippen LogP contribution in [-0.2, 0) is 6.42 Å². The Morgan fingerprint density at radius 1 is 1.15 bits per heavy atom. The van der Waals surface area contributed by atoms with Gasteiger partial charge >= 0.3 is 0 Å². The van der Waals surface area contributed by atoms with Crippen LogP contribution in [0.4, 0.5) is 0 Å². The molecule has 3 rings (SSSR count). The van der Waals surface area contributed by atoms with Crippen LogP contribution < -0.4 is 9.47 Å². The van der Waals surface area contributed by atoms with Crippen LogP contribution in [0.5, 0.6) is 11.5 Å². The molecule has 2 aromatic carbocycles. The topological polar surface area (TPSA) is 18.5 Å². The van der Waals surface area contributed by atoms with E-state index >= 15 is 0 Å². The standard InChI is InChI=1S/C18H20O2/c1-12-7-8-18-15(9-12)10-16(20-18)11-19-17-6-4-5-13(2)14(17)3/h4-9,16H,10-11H2,1-3H3. The highest BCUT2D eigenvalue weighted by molar-refractivity contribution is 5.41. The summed E-state index contributed by atoms with van der Waals surface area (Å²) in [6.45, 7) is 6.91. The minimum atomic E-state index is 0.117. The van der Waals surface area contributed by atoms with Gasteiger partial charge in [-0.3, -0.25) is 0 Å². The van der Waals surface area contributed by atoms with Crippen LogP contribution in [-0.4, -0.2) is 12.7 Å². The molecule has 0 spiro atoms. The summed E-state index contributed by atoms with van der Waals surface area (Å²) < 4.78 is 11.9. The zero-order valence-electron chi connectivity index (χ0n) is 12.3. The SMILES string of the molecule is Cc1ccc2c(c1)CC(COc1cccc(C)c1C)O2. The molecule has 20 heavy (non-hydrogen) atoms. The molecule has 2 nitrogen and oxygen atoms in total. The van der Waals surface area contributed by atoms with Crippen molar-refractivity contribution in [3.05, 3.63) is 58.7 Å². The Morgan fingerprint density at radius 3 is 2.85 bits per heavy atom. The Hall–Kier alpha value is -1.96. The lowest BCUT2D eigenvalue weighted by Gasteiger charge is -2.14. The maximum absolute atomic E-state index is 5.94. The highest BCUT2D eigenvalue weighted by Gasteiger charge is 2.23. The van der Waals surface area contributed by atoms with Gasteiger partial charge in [0.25, 0.3) is 0 Å². The summed E-state index contributed by atoms with van der Waals surface area (Å²) in [6, 6.07) is 12.5. The van der Waals surface area contributed by atoms with Gasteiger partial charge in [-0.2, -0.15) is 0 Å². The lowest BCUT2D eigenvalue weighted by molar-refractivity contribution is 0.148. The van der Waals surface area contributed by atoms with Gasteiger partial charge in [-0.05, 0) is 49.6 Å². The quantitative estimate of drug-likeness (QED) is 0.838. The molecule has 1 atom stereocenters. The zero-order chi connectivity index (χ0) is 14.1. The van der Waals surface area contributed by atoms with Gasteiger partial charge in [-0.25, -0.2) is 0 Å². The van der Waals surface area contributed by atoms with Crippen molar-refractivity contribution in [2.75, 3.05) is 6.61 Å². The zero-order valence-corrected chi connectivity index (χ0v) is 12.3. The second-order valence-corrected chi connectivity index (χ2v) is 5.56. The van der Waals surface area contributed by atoms with Crippen LogP contribution in [0.25, 0.3) is 0 Å². The van der Waals surface area contributed by atoms with E-state index in [0.29, 0.717) is 6.61 Å². The second-order valence-electron chi connectivity index (χ2n) is 5.56. The van der Waals surface area contributed by atoms with Gasteiger partial charge in [0.05, 0.1) is 0 Å². The van der Waals surface area contributed by atoms with Gasteiger partial charge in [0.15, 0.2) is 0 Å². The monoisotopic (exact) mass is 268 g/mol. The second kappa shape index (κ2) is 5.20. The fourth-order valence-corrected chi connectivity index (χ4v) is 2.61. The minimum Gasteiger partial charge on any atom is -0.489 e. The molecule has 0 saturated heterocycles. The van der Waals surface area contributed by atoms with Crippen molar-refractivity contribution in [3.63, 3.8) is 0 Å². The number of ether oxygens (including phenoxy) is 2. The lowest BCUT2D eigenvalue weighted by Crippen LogP contribution is -2.22. The number of benzene rings is 2. The molecule has 1 aliphatic heterocycles. The molecule has 104 valence electrons. The normalized spacial score (nSPS) is 16.6. The molecule has 0 bridgehead atoms. The van der Waals surface area contributed by atoms with Crippen molar-refractivity contribution in [1.82, 2.24) is 0 Å². The highest BCUT2D eigenvalue weighted by Crippen LogP contribution is 2.30. The molecule has 1 aliphatic rings. The van der Waals surface area contributed by atoms with Gasteiger partial charge in [0, 0.05) is 6.42 Å². The molecular formula is C18H20O2. The maximum atomic E-state index is 5.94. The third-order valence-corrected chi connectivity index (χ3v) is 3.94. The average molecular weight is 268 g/mol. The highest BCUT2D eigenvalue weighted by atomic mass is 16.5. The first kappa shape index (κ1) is 13.0. The fraction of sp³-hybridized carbons (Fsp3) is 0.333. The molecular weight excluding hydrogens is 248 g/mol. The fourth-order valence-electron chi connectivity index (χ4n) is 2.61. The Balaban J connectivity index is 1.65. The number of fused-ring (bicyclic) bond motifs is 1. The van der Waals surface area contributed by atoms with E-state index in [2.05, 4.69) is 45.0 Å². The molecule has 0 radical (unpaired) electrons. The first-order valence-electron chi connectivity index (χ1n) is 7.08. The first-order chi connectivity index (χ1) is 9.63. The van der Waals surface area contributed by atoms with Crippen LogP contribution in [0.1, 0.15) is 22.3 Å². The molecule has 1 heterocycles. The van der Waals surface area contributed by atoms with Crippen molar-refractivity contribution in [3.8, 4) is 11.5 Å². The molecule has 1 unspecified atom stereocenters. The van der Waals surface area contributed by atoms with E-state index in [0.717, 1.165) is 17.9 Å². The van der Waals surface area contributed by atoms with E-state index in [9.17, 15) is 0 Å².